The van der Waals surface area contributed by atoms with Gasteiger partial charge in [0.25, 0.3) is 0 Å². The standard InChI is InChI=1S/C22H19F2N3OS/c1-11-10-25-21-12(2)26-20(19-15(23)4-3-5-16(19)24)18-14-8-6-13(28)7-9-17(14)29-22(18)27(11)21/h3-5,10,12H,6-9H2,1-2H3/t12-/m0/s1. The highest BCUT2D eigenvalue weighted by atomic mass is 32.1. The maximum atomic E-state index is 14.8. The van der Waals surface area contributed by atoms with E-state index in [1.807, 2.05) is 13.8 Å². The highest BCUT2D eigenvalue weighted by Gasteiger charge is 2.33. The lowest BCUT2D eigenvalue weighted by atomic mass is 9.96. The number of fused-ring (bicyclic) bond motifs is 5. The Kier molecular flexibility index (Phi) is 4.24. The van der Waals surface area contributed by atoms with Crippen molar-refractivity contribution in [3.8, 4) is 5.00 Å². The first-order valence-corrected chi connectivity index (χ1v) is 10.5. The molecule has 148 valence electrons. The van der Waals surface area contributed by atoms with Crippen LogP contribution in [0.3, 0.4) is 0 Å². The molecule has 1 aromatic carbocycles. The highest BCUT2D eigenvalue weighted by molar-refractivity contribution is 7.15. The molecule has 0 N–H and O–H groups in total. The maximum absolute atomic E-state index is 14.8. The van der Waals surface area contributed by atoms with Crippen LogP contribution in [0.25, 0.3) is 5.00 Å². The third-order valence-corrected chi connectivity index (χ3v) is 6.94. The van der Waals surface area contributed by atoms with E-state index in [0.29, 0.717) is 31.4 Å². The lowest BCUT2D eigenvalue weighted by Crippen LogP contribution is -2.12. The van der Waals surface area contributed by atoms with Crippen molar-refractivity contribution < 1.29 is 13.6 Å². The fourth-order valence-corrected chi connectivity index (χ4v) is 5.67. The number of carbonyl (C=O) groups is 1. The molecule has 29 heavy (non-hydrogen) atoms. The van der Waals surface area contributed by atoms with Gasteiger partial charge in [0.05, 0.1) is 11.3 Å². The number of imidazole rings is 1. The van der Waals surface area contributed by atoms with Gasteiger partial charge in [-0.3, -0.25) is 14.4 Å². The molecule has 2 aliphatic rings. The Morgan fingerprint density at radius 1 is 1.10 bits per heavy atom. The number of nitrogens with zero attached hydrogens (tertiary/aromatic N) is 3. The van der Waals surface area contributed by atoms with E-state index >= 15 is 0 Å². The van der Waals surface area contributed by atoms with Gasteiger partial charge in [-0.25, -0.2) is 13.8 Å². The molecule has 0 radical (unpaired) electrons. The molecule has 0 bridgehead atoms. The predicted molar refractivity (Wildman–Crippen MR) is 108 cm³/mol. The van der Waals surface area contributed by atoms with Crippen LogP contribution < -0.4 is 0 Å². The number of hydrogen-bond acceptors (Lipinski definition) is 4. The van der Waals surface area contributed by atoms with E-state index in [0.717, 1.165) is 32.5 Å². The number of aliphatic imine (C=N–C) groups is 1. The minimum Gasteiger partial charge on any atom is -0.300 e. The summed E-state index contributed by atoms with van der Waals surface area (Å²) >= 11 is 1.59. The number of Topliss-reactive ketones (excluding diaryl/α,β-unsaturated/α-hetero) is 1. The molecule has 0 saturated carbocycles. The van der Waals surface area contributed by atoms with Crippen LogP contribution in [-0.2, 0) is 17.6 Å². The van der Waals surface area contributed by atoms with Crippen LogP contribution in [0.5, 0.6) is 0 Å². The van der Waals surface area contributed by atoms with Gasteiger partial charge in [-0.2, -0.15) is 0 Å². The molecule has 1 aliphatic heterocycles. The minimum atomic E-state index is -0.636. The molecule has 0 unspecified atom stereocenters. The smallest absolute Gasteiger partial charge is 0.138 e. The van der Waals surface area contributed by atoms with Crippen molar-refractivity contribution in [2.75, 3.05) is 0 Å². The monoisotopic (exact) mass is 411 g/mol. The summed E-state index contributed by atoms with van der Waals surface area (Å²) in [5, 5.41) is 0.889. The number of halogens is 2. The normalized spacial score (nSPS) is 18.4. The van der Waals surface area contributed by atoms with Crippen LogP contribution >= 0.6 is 11.3 Å². The molecule has 2 aromatic heterocycles. The molecule has 5 rings (SSSR count). The van der Waals surface area contributed by atoms with Crippen LogP contribution in [0.15, 0.2) is 29.4 Å². The van der Waals surface area contributed by atoms with Gasteiger partial charge >= 0.3 is 0 Å². The van der Waals surface area contributed by atoms with Gasteiger partial charge in [0.2, 0.25) is 0 Å². The van der Waals surface area contributed by atoms with Gasteiger partial charge in [-0.1, -0.05) is 6.07 Å². The van der Waals surface area contributed by atoms with E-state index in [4.69, 9.17) is 4.99 Å². The molecule has 0 amide bonds. The zero-order valence-electron chi connectivity index (χ0n) is 16.1. The lowest BCUT2D eigenvalue weighted by molar-refractivity contribution is -0.118. The van der Waals surface area contributed by atoms with Crippen molar-refractivity contribution >= 4 is 22.8 Å². The molecular weight excluding hydrogens is 392 g/mol. The number of ketones is 1. The molecule has 3 heterocycles. The minimum absolute atomic E-state index is 0.111. The van der Waals surface area contributed by atoms with E-state index in [1.165, 1.54) is 18.2 Å². The molecule has 7 heteroatoms. The molecule has 3 aromatic rings. The predicted octanol–water partition coefficient (Wildman–Crippen LogP) is 4.88. The molecule has 0 saturated heterocycles. The average Bonchev–Trinajstić information content (AvgIpc) is 3.14. The molecule has 4 nitrogen and oxygen atoms in total. The Labute approximate surface area is 170 Å². The Hall–Kier alpha value is -2.67. The third-order valence-electron chi connectivity index (χ3n) is 5.66. The van der Waals surface area contributed by atoms with Gasteiger partial charge < -0.3 is 0 Å². The number of benzene rings is 1. The number of carbonyl (C=O) groups excluding carboxylic acids is 1. The Morgan fingerprint density at radius 2 is 1.83 bits per heavy atom. The quantitative estimate of drug-likeness (QED) is 0.536. The van der Waals surface area contributed by atoms with Gasteiger partial charge in [0.15, 0.2) is 0 Å². The van der Waals surface area contributed by atoms with Crippen molar-refractivity contribution in [3.05, 3.63) is 69.1 Å². The maximum Gasteiger partial charge on any atom is 0.138 e. The number of thiophene rings is 1. The highest BCUT2D eigenvalue weighted by Crippen LogP contribution is 2.42. The van der Waals surface area contributed by atoms with Crippen LogP contribution in [0.1, 0.15) is 58.9 Å². The first-order chi connectivity index (χ1) is 14.0. The number of rotatable bonds is 1. The zero-order valence-corrected chi connectivity index (χ0v) is 16.9. The average molecular weight is 411 g/mol. The van der Waals surface area contributed by atoms with Gasteiger partial charge in [0, 0.05) is 35.2 Å². The van der Waals surface area contributed by atoms with Crippen LogP contribution in [-0.4, -0.2) is 21.0 Å². The van der Waals surface area contributed by atoms with Crippen molar-refractivity contribution in [2.24, 2.45) is 4.99 Å². The number of aromatic nitrogens is 2. The first kappa shape index (κ1) is 18.4. The number of aryl methyl sites for hydroxylation is 2. The van der Waals surface area contributed by atoms with Gasteiger partial charge in [-0.15, -0.1) is 11.3 Å². The van der Waals surface area contributed by atoms with Crippen molar-refractivity contribution in [3.63, 3.8) is 0 Å². The SMILES string of the molecule is Cc1cnc2n1-c1sc3c(c1C(c1c(F)cccc1F)=N[C@H]2C)CCC(=O)CC3. The summed E-state index contributed by atoms with van der Waals surface area (Å²) in [5.41, 5.74) is 2.90. The third kappa shape index (κ3) is 2.79. The summed E-state index contributed by atoms with van der Waals surface area (Å²) in [7, 11) is 0. The van der Waals surface area contributed by atoms with E-state index in [-0.39, 0.29) is 17.4 Å². The largest absolute Gasteiger partial charge is 0.300 e. The summed E-state index contributed by atoms with van der Waals surface area (Å²) in [4.78, 5) is 22.4. The van der Waals surface area contributed by atoms with Crippen LogP contribution in [0.4, 0.5) is 8.78 Å². The molecule has 1 atom stereocenters. The number of hydrogen-bond donors (Lipinski definition) is 0. The van der Waals surface area contributed by atoms with E-state index in [1.54, 1.807) is 17.5 Å². The van der Waals surface area contributed by atoms with E-state index in [9.17, 15) is 13.6 Å². The van der Waals surface area contributed by atoms with Crippen molar-refractivity contribution in [1.29, 1.82) is 0 Å². The molecule has 0 fully saturated rings. The molecule has 1 aliphatic carbocycles. The Bertz CT molecular complexity index is 1170. The summed E-state index contributed by atoms with van der Waals surface area (Å²) in [5.74, 6) is -0.298. The van der Waals surface area contributed by atoms with Crippen LogP contribution in [0, 0.1) is 18.6 Å². The Balaban J connectivity index is 1.85. The first-order valence-electron chi connectivity index (χ1n) is 9.69. The summed E-state index contributed by atoms with van der Waals surface area (Å²) < 4.78 is 31.7. The molecule has 0 spiro atoms. The van der Waals surface area contributed by atoms with Crippen molar-refractivity contribution in [2.45, 2.75) is 45.6 Å². The Morgan fingerprint density at radius 3 is 2.59 bits per heavy atom. The fraction of sp³-hybridized carbons (Fsp3) is 0.318. The summed E-state index contributed by atoms with van der Waals surface area (Å²) in [6.07, 6.45) is 3.95. The topological polar surface area (TPSA) is 47.2 Å². The fourth-order valence-electron chi connectivity index (χ4n) is 4.25. The lowest BCUT2D eigenvalue weighted by Gasteiger charge is -2.12. The zero-order chi connectivity index (χ0) is 20.3. The van der Waals surface area contributed by atoms with Crippen LogP contribution in [0.2, 0.25) is 0 Å². The molecular formula is C22H19F2N3OS. The van der Waals surface area contributed by atoms with Gasteiger partial charge in [-0.05, 0) is 44.4 Å². The van der Waals surface area contributed by atoms with Gasteiger partial charge in [0.1, 0.15) is 34.3 Å². The summed E-state index contributed by atoms with van der Waals surface area (Å²) in [6, 6.07) is 3.52. The second-order valence-corrected chi connectivity index (χ2v) is 8.65. The van der Waals surface area contributed by atoms with E-state index in [2.05, 4.69) is 9.55 Å². The summed E-state index contributed by atoms with van der Waals surface area (Å²) in [6.45, 7) is 3.85. The second-order valence-electron chi connectivity index (χ2n) is 7.57. The van der Waals surface area contributed by atoms with E-state index < -0.39 is 11.6 Å². The van der Waals surface area contributed by atoms with Crippen molar-refractivity contribution in [1.82, 2.24) is 9.55 Å². The second kappa shape index (κ2) is 6.69.